The summed E-state index contributed by atoms with van der Waals surface area (Å²) < 4.78 is 13.4. The van der Waals surface area contributed by atoms with Crippen LogP contribution in [0.4, 0.5) is 4.39 Å². The number of carbonyl (C=O) groups excluding carboxylic acids is 4. The van der Waals surface area contributed by atoms with Crippen LogP contribution in [0.3, 0.4) is 0 Å². The van der Waals surface area contributed by atoms with Crippen molar-refractivity contribution in [3.63, 3.8) is 0 Å². The molecule has 0 spiro atoms. The number of likely N-dealkylation sites (tertiary alicyclic amines) is 1. The number of benzene rings is 1. The van der Waals surface area contributed by atoms with Gasteiger partial charge in [-0.15, -0.1) is 0 Å². The molecule has 2 aliphatic carbocycles. The van der Waals surface area contributed by atoms with Gasteiger partial charge in [0, 0.05) is 25.6 Å². The molecule has 0 bridgehead atoms. The third kappa shape index (κ3) is 5.21. The van der Waals surface area contributed by atoms with Crippen LogP contribution in [0.5, 0.6) is 0 Å². The predicted octanol–water partition coefficient (Wildman–Crippen LogP) is 2.94. The lowest BCUT2D eigenvalue weighted by Crippen LogP contribution is -2.50. The Morgan fingerprint density at radius 3 is 2.24 bits per heavy atom. The monoisotopic (exact) mass is 469 g/mol. The molecule has 1 aliphatic heterocycles. The molecule has 7 nitrogen and oxygen atoms in total. The molecule has 3 aliphatic rings. The SMILES string of the molecule is C[C@@H](C(=O)NC1CCCC1)N(Cc1ccc(F)cc1)C(=O)CCN1C(=O)[C@H]2CC=CC[C@H]2C1=O. The molecule has 0 radical (unpaired) electrons. The van der Waals surface area contributed by atoms with Gasteiger partial charge in [-0.25, -0.2) is 4.39 Å². The number of nitrogens with one attached hydrogen (secondary N) is 1. The van der Waals surface area contributed by atoms with Crippen molar-refractivity contribution in [2.24, 2.45) is 11.8 Å². The quantitative estimate of drug-likeness (QED) is 0.469. The Kier molecular flexibility index (Phi) is 7.44. The van der Waals surface area contributed by atoms with E-state index in [1.54, 1.807) is 19.1 Å². The molecule has 1 aromatic rings. The summed E-state index contributed by atoms with van der Waals surface area (Å²) in [6.07, 6.45) is 8.91. The van der Waals surface area contributed by atoms with Crippen molar-refractivity contribution in [1.29, 1.82) is 0 Å². The van der Waals surface area contributed by atoms with Gasteiger partial charge in [0.15, 0.2) is 0 Å². The Labute approximate surface area is 199 Å². The van der Waals surface area contributed by atoms with Crippen molar-refractivity contribution in [2.45, 2.75) is 70.5 Å². The Morgan fingerprint density at radius 2 is 1.65 bits per heavy atom. The summed E-state index contributed by atoms with van der Waals surface area (Å²) in [5.41, 5.74) is 0.695. The van der Waals surface area contributed by atoms with Gasteiger partial charge in [0.05, 0.1) is 11.8 Å². The lowest BCUT2D eigenvalue weighted by Gasteiger charge is -2.30. The zero-order valence-corrected chi connectivity index (χ0v) is 19.5. The first kappa shape index (κ1) is 24.1. The van der Waals surface area contributed by atoms with Crippen LogP contribution in [-0.2, 0) is 25.7 Å². The van der Waals surface area contributed by atoms with Gasteiger partial charge in [-0.05, 0) is 50.3 Å². The summed E-state index contributed by atoms with van der Waals surface area (Å²) in [5, 5.41) is 3.04. The lowest BCUT2D eigenvalue weighted by molar-refractivity contribution is -0.144. The molecule has 1 aromatic carbocycles. The fraction of sp³-hybridized carbons (Fsp3) is 0.538. The van der Waals surface area contributed by atoms with E-state index >= 15 is 0 Å². The maximum absolute atomic E-state index is 13.4. The van der Waals surface area contributed by atoms with Crippen LogP contribution >= 0.6 is 0 Å². The van der Waals surface area contributed by atoms with E-state index in [0.29, 0.717) is 18.4 Å². The van der Waals surface area contributed by atoms with E-state index < -0.39 is 6.04 Å². The zero-order chi connectivity index (χ0) is 24.2. The van der Waals surface area contributed by atoms with Gasteiger partial charge in [-0.1, -0.05) is 37.1 Å². The number of carbonyl (C=O) groups is 4. The van der Waals surface area contributed by atoms with Crippen molar-refractivity contribution < 1.29 is 23.6 Å². The molecular weight excluding hydrogens is 437 g/mol. The average molecular weight is 470 g/mol. The van der Waals surface area contributed by atoms with E-state index in [1.165, 1.54) is 21.9 Å². The normalized spacial score (nSPS) is 23.2. The van der Waals surface area contributed by atoms with Crippen molar-refractivity contribution >= 4 is 23.6 Å². The molecule has 182 valence electrons. The highest BCUT2D eigenvalue weighted by atomic mass is 19.1. The molecule has 0 aromatic heterocycles. The second-order valence-corrected chi connectivity index (χ2v) is 9.55. The number of allylic oxidation sites excluding steroid dienone is 2. The van der Waals surface area contributed by atoms with Gasteiger partial charge in [-0.2, -0.15) is 0 Å². The second-order valence-electron chi connectivity index (χ2n) is 9.55. The van der Waals surface area contributed by atoms with Gasteiger partial charge in [-0.3, -0.25) is 24.1 Å². The Balaban J connectivity index is 1.44. The molecule has 4 amide bonds. The standard InChI is InChI=1S/C26H32FN3O4/c1-17(24(32)28-20-6-2-3-7-20)30(16-18-10-12-19(27)13-11-18)23(31)14-15-29-25(33)21-8-4-5-9-22(21)26(29)34/h4-5,10-13,17,20-22H,2-3,6-9,14-16H2,1H3,(H,28,32)/t17-,21-,22+/m0/s1. The third-order valence-electron chi connectivity index (χ3n) is 7.28. The topological polar surface area (TPSA) is 86.8 Å². The van der Waals surface area contributed by atoms with Gasteiger partial charge < -0.3 is 10.2 Å². The van der Waals surface area contributed by atoms with Crippen molar-refractivity contribution in [3.8, 4) is 0 Å². The number of hydrogen-bond donors (Lipinski definition) is 1. The third-order valence-corrected chi connectivity index (χ3v) is 7.28. The summed E-state index contributed by atoms with van der Waals surface area (Å²) in [7, 11) is 0. The minimum atomic E-state index is -0.741. The first-order valence-electron chi connectivity index (χ1n) is 12.2. The highest BCUT2D eigenvalue weighted by Gasteiger charge is 2.47. The number of amides is 4. The zero-order valence-electron chi connectivity index (χ0n) is 19.5. The van der Waals surface area contributed by atoms with E-state index in [4.69, 9.17) is 0 Å². The molecule has 1 saturated heterocycles. The number of hydrogen-bond acceptors (Lipinski definition) is 4. The maximum Gasteiger partial charge on any atom is 0.242 e. The van der Waals surface area contributed by atoms with E-state index in [9.17, 15) is 23.6 Å². The Hall–Kier alpha value is -3.03. The van der Waals surface area contributed by atoms with E-state index in [0.717, 1.165) is 25.7 Å². The van der Waals surface area contributed by atoms with Gasteiger partial charge in [0.2, 0.25) is 23.6 Å². The molecule has 1 heterocycles. The first-order chi connectivity index (χ1) is 16.3. The number of fused-ring (bicyclic) bond motifs is 1. The van der Waals surface area contributed by atoms with Crippen LogP contribution in [0.15, 0.2) is 36.4 Å². The molecule has 2 fully saturated rings. The van der Waals surface area contributed by atoms with Crippen molar-refractivity contribution in [2.75, 3.05) is 6.54 Å². The fourth-order valence-electron chi connectivity index (χ4n) is 5.20. The number of halogens is 1. The van der Waals surface area contributed by atoms with Crippen LogP contribution in [0.1, 0.15) is 57.4 Å². The second kappa shape index (κ2) is 10.5. The highest BCUT2D eigenvalue weighted by Crippen LogP contribution is 2.35. The molecule has 0 unspecified atom stereocenters. The van der Waals surface area contributed by atoms with Crippen LogP contribution in [0, 0.1) is 17.7 Å². The smallest absolute Gasteiger partial charge is 0.242 e. The maximum atomic E-state index is 13.4. The van der Waals surface area contributed by atoms with Gasteiger partial charge in [0.1, 0.15) is 11.9 Å². The molecule has 1 saturated carbocycles. The van der Waals surface area contributed by atoms with Gasteiger partial charge in [0.25, 0.3) is 0 Å². The largest absolute Gasteiger partial charge is 0.352 e. The van der Waals surface area contributed by atoms with Crippen LogP contribution in [-0.4, -0.2) is 52.1 Å². The average Bonchev–Trinajstić information content (AvgIpc) is 3.43. The molecule has 34 heavy (non-hydrogen) atoms. The van der Waals surface area contributed by atoms with Crippen LogP contribution in [0.25, 0.3) is 0 Å². The summed E-state index contributed by atoms with van der Waals surface area (Å²) in [6, 6.07) is 5.19. The number of rotatable bonds is 8. The minimum Gasteiger partial charge on any atom is -0.352 e. The highest BCUT2D eigenvalue weighted by molar-refractivity contribution is 6.05. The van der Waals surface area contributed by atoms with Gasteiger partial charge >= 0.3 is 0 Å². The first-order valence-corrected chi connectivity index (χ1v) is 12.2. The van der Waals surface area contributed by atoms with Crippen molar-refractivity contribution in [1.82, 2.24) is 15.1 Å². The van der Waals surface area contributed by atoms with E-state index in [1.807, 2.05) is 12.2 Å². The molecule has 3 atom stereocenters. The molecule has 8 heteroatoms. The lowest BCUT2D eigenvalue weighted by atomic mass is 9.85. The summed E-state index contributed by atoms with van der Waals surface area (Å²) >= 11 is 0. The molecular formula is C26H32FN3O4. The summed E-state index contributed by atoms with van der Waals surface area (Å²) in [6.45, 7) is 1.81. The summed E-state index contributed by atoms with van der Waals surface area (Å²) in [5.74, 6) is -2.04. The van der Waals surface area contributed by atoms with Crippen molar-refractivity contribution in [3.05, 3.63) is 47.8 Å². The Morgan fingerprint density at radius 1 is 1.06 bits per heavy atom. The van der Waals surface area contributed by atoms with E-state index in [2.05, 4.69) is 5.32 Å². The van der Waals surface area contributed by atoms with E-state index in [-0.39, 0.29) is 66.8 Å². The molecule has 4 rings (SSSR count). The fourth-order valence-corrected chi connectivity index (χ4v) is 5.20. The van der Waals surface area contributed by atoms with Crippen LogP contribution in [0.2, 0.25) is 0 Å². The minimum absolute atomic E-state index is 0.000379. The van der Waals surface area contributed by atoms with Crippen LogP contribution < -0.4 is 5.32 Å². The Bertz CT molecular complexity index is 945. The predicted molar refractivity (Wildman–Crippen MR) is 124 cm³/mol. The number of imide groups is 1. The molecule has 1 N–H and O–H groups in total. The summed E-state index contributed by atoms with van der Waals surface area (Å²) in [4.78, 5) is 54.4. The number of nitrogens with zero attached hydrogens (tertiary/aromatic N) is 2.